The fraction of sp³-hybridized carbons (Fsp3) is 0.0833. The van der Waals surface area contributed by atoms with Gasteiger partial charge in [0.1, 0.15) is 11.5 Å². The van der Waals surface area contributed by atoms with Gasteiger partial charge in [-0.3, -0.25) is 4.79 Å². The molecule has 0 saturated heterocycles. The van der Waals surface area contributed by atoms with Gasteiger partial charge in [0.15, 0.2) is 5.76 Å². The van der Waals surface area contributed by atoms with Crippen molar-refractivity contribution in [1.82, 2.24) is 0 Å². The van der Waals surface area contributed by atoms with Crippen molar-refractivity contribution in [3.8, 4) is 11.5 Å². The summed E-state index contributed by atoms with van der Waals surface area (Å²) in [6.07, 6.45) is 1.73. The van der Waals surface area contributed by atoms with E-state index in [9.17, 15) is 9.59 Å². The van der Waals surface area contributed by atoms with Crippen molar-refractivity contribution < 1.29 is 19.1 Å². The molecule has 3 aromatic carbocycles. The molecule has 0 amide bonds. The van der Waals surface area contributed by atoms with Gasteiger partial charge in [0.05, 0.1) is 11.1 Å². The van der Waals surface area contributed by atoms with Crippen LogP contribution in [0.2, 0.25) is 0 Å². The predicted molar refractivity (Wildman–Crippen MR) is 107 cm³/mol. The van der Waals surface area contributed by atoms with Crippen LogP contribution in [0, 0.1) is 13.8 Å². The molecule has 0 N–H and O–H groups in total. The van der Waals surface area contributed by atoms with Gasteiger partial charge in [0.25, 0.3) is 0 Å². The highest BCUT2D eigenvalue weighted by Crippen LogP contribution is 2.35. The van der Waals surface area contributed by atoms with Gasteiger partial charge >= 0.3 is 5.97 Å². The summed E-state index contributed by atoms with van der Waals surface area (Å²) in [7, 11) is 0. The Balaban J connectivity index is 1.58. The van der Waals surface area contributed by atoms with E-state index in [0.29, 0.717) is 22.6 Å². The average molecular weight is 370 g/mol. The van der Waals surface area contributed by atoms with E-state index in [1.807, 2.05) is 50.2 Å². The summed E-state index contributed by atoms with van der Waals surface area (Å²) in [5, 5.41) is 0. The second-order valence-electron chi connectivity index (χ2n) is 6.66. The van der Waals surface area contributed by atoms with Crippen LogP contribution in [-0.4, -0.2) is 11.8 Å². The van der Waals surface area contributed by atoms with Crippen LogP contribution >= 0.6 is 0 Å². The summed E-state index contributed by atoms with van der Waals surface area (Å²) in [5.74, 6) is 0.344. The molecule has 0 atom stereocenters. The van der Waals surface area contributed by atoms with Crippen molar-refractivity contribution in [2.24, 2.45) is 0 Å². The second kappa shape index (κ2) is 7.16. The Kier molecular flexibility index (Phi) is 4.53. The highest BCUT2D eigenvalue weighted by Gasteiger charge is 2.28. The molecule has 0 bridgehead atoms. The summed E-state index contributed by atoms with van der Waals surface area (Å²) in [4.78, 5) is 25.0. The number of benzene rings is 3. The van der Waals surface area contributed by atoms with Gasteiger partial charge in [-0.2, -0.15) is 0 Å². The maximum Gasteiger partial charge on any atom is 0.343 e. The number of ketones is 1. The summed E-state index contributed by atoms with van der Waals surface area (Å²) < 4.78 is 11.2. The molecule has 138 valence electrons. The first-order valence-corrected chi connectivity index (χ1v) is 8.94. The third kappa shape index (κ3) is 3.32. The zero-order valence-electron chi connectivity index (χ0n) is 15.6. The number of carbonyl (C=O) groups is 2. The molecular weight excluding hydrogens is 352 g/mol. The monoisotopic (exact) mass is 370 g/mol. The van der Waals surface area contributed by atoms with E-state index >= 15 is 0 Å². The van der Waals surface area contributed by atoms with Crippen LogP contribution in [0.15, 0.2) is 72.5 Å². The number of aryl methyl sites for hydroxylation is 2. The minimum Gasteiger partial charge on any atom is -0.452 e. The molecule has 28 heavy (non-hydrogen) atoms. The average Bonchev–Trinajstić information content (AvgIpc) is 2.99. The molecule has 4 heteroatoms. The minimum absolute atomic E-state index is 0.185. The molecule has 1 heterocycles. The topological polar surface area (TPSA) is 52.6 Å². The first kappa shape index (κ1) is 17.7. The number of esters is 1. The molecule has 0 fully saturated rings. The highest BCUT2D eigenvalue weighted by atomic mass is 16.5. The molecule has 0 spiro atoms. The third-order valence-corrected chi connectivity index (χ3v) is 4.69. The lowest BCUT2D eigenvalue weighted by Crippen LogP contribution is -2.10. The normalized spacial score (nSPS) is 13.9. The largest absolute Gasteiger partial charge is 0.452 e. The van der Waals surface area contributed by atoms with Crippen LogP contribution in [0.5, 0.6) is 11.5 Å². The third-order valence-electron chi connectivity index (χ3n) is 4.69. The molecule has 0 saturated carbocycles. The number of hydrogen-bond donors (Lipinski definition) is 0. The maximum atomic E-state index is 12.6. The zero-order chi connectivity index (χ0) is 19.7. The maximum absolute atomic E-state index is 12.6. The fourth-order valence-electron chi connectivity index (χ4n) is 3.08. The summed E-state index contributed by atoms with van der Waals surface area (Å²) in [5.41, 5.74) is 3.76. The van der Waals surface area contributed by atoms with Crippen LogP contribution < -0.4 is 9.47 Å². The molecule has 4 rings (SSSR count). The van der Waals surface area contributed by atoms with Gasteiger partial charge in [0, 0.05) is 6.07 Å². The number of hydrogen-bond acceptors (Lipinski definition) is 4. The molecular formula is C24H18O4. The van der Waals surface area contributed by atoms with E-state index < -0.39 is 5.97 Å². The van der Waals surface area contributed by atoms with E-state index in [-0.39, 0.29) is 11.5 Å². The first-order valence-electron chi connectivity index (χ1n) is 8.94. The number of fused-ring (bicyclic) bond motifs is 1. The van der Waals surface area contributed by atoms with Crippen molar-refractivity contribution in [3.05, 3.63) is 100 Å². The van der Waals surface area contributed by atoms with E-state index in [0.717, 1.165) is 16.7 Å². The molecule has 1 aliphatic rings. The summed E-state index contributed by atoms with van der Waals surface area (Å²) >= 11 is 0. The Morgan fingerprint density at radius 3 is 2.39 bits per heavy atom. The van der Waals surface area contributed by atoms with Gasteiger partial charge in [-0.15, -0.1) is 0 Å². The van der Waals surface area contributed by atoms with Crippen molar-refractivity contribution >= 4 is 17.8 Å². The molecule has 0 radical (unpaired) electrons. The minimum atomic E-state index is -0.446. The molecule has 1 aliphatic heterocycles. The van der Waals surface area contributed by atoms with Crippen molar-refractivity contribution in [1.29, 1.82) is 0 Å². The number of allylic oxidation sites excluding steroid dienone is 1. The second-order valence-corrected chi connectivity index (χ2v) is 6.66. The van der Waals surface area contributed by atoms with Crippen LogP contribution in [0.1, 0.15) is 37.4 Å². The lowest BCUT2D eigenvalue weighted by atomic mass is 10.1. The zero-order valence-corrected chi connectivity index (χ0v) is 15.6. The Hall–Kier alpha value is -3.66. The Morgan fingerprint density at radius 2 is 1.64 bits per heavy atom. The summed E-state index contributed by atoms with van der Waals surface area (Å²) in [6.45, 7) is 3.83. The standard InChI is InChI=1S/C24H18O4/c1-15-7-3-5-9-17(15)13-22-23(25)20-12-11-18(14-21(20)28-22)27-24(26)19-10-6-4-8-16(19)2/h3-14H,1-2H3. The smallest absolute Gasteiger partial charge is 0.343 e. The molecule has 3 aromatic rings. The van der Waals surface area contributed by atoms with Crippen LogP contribution in [0.25, 0.3) is 6.08 Å². The van der Waals surface area contributed by atoms with Crippen molar-refractivity contribution in [2.75, 3.05) is 0 Å². The van der Waals surface area contributed by atoms with Gasteiger partial charge in [-0.1, -0.05) is 42.5 Å². The van der Waals surface area contributed by atoms with Gasteiger partial charge in [-0.25, -0.2) is 4.79 Å². The SMILES string of the molecule is Cc1ccccc1C=C1Oc2cc(OC(=O)c3ccccc3C)ccc2C1=O. The van der Waals surface area contributed by atoms with Crippen molar-refractivity contribution in [3.63, 3.8) is 0 Å². The van der Waals surface area contributed by atoms with Gasteiger partial charge in [-0.05, 0) is 54.8 Å². The van der Waals surface area contributed by atoms with Crippen LogP contribution in [0.4, 0.5) is 0 Å². The number of carbonyl (C=O) groups excluding carboxylic acids is 2. The Bertz CT molecular complexity index is 1120. The van der Waals surface area contributed by atoms with E-state index in [1.54, 1.807) is 36.4 Å². The highest BCUT2D eigenvalue weighted by molar-refractivity contribution is 6.14. The van der Waals surface area contributed by atoms with Gasteiger partial charge in [0.2, 0.25) is 5.78 Å². The Labute approximate surface area is 163 Å². The molecule has 0 aliphatic carbocycles. The number of rotatable bonds is 3. The first-order chi connectivity index (χ1) is 13.5. The lowest BCUT2D eigenvalue weighted by Gasteiger charge is -2.07. The van der Waals surface area contributed by atoms with Gasteiger partial charge < -0.3 is 9.47 Å². The van der Waals surface area contributed by atoms with E-state index in [4.69, 9.17) is 9.47 Å². The number of ether oxygens (including phenoxy) is 2. The summed E-state index contributed by atoms with van der Waals surface area (Å²) in [6, 6.07) is 19.8. The fourth-order valence-corrected chi connectivity index (χ4v) is 3.08. The number of Topliss-reactive ketones (excluding diaryl/α,β-unsaturated/α-hetero) is 1. The van der Waals surface area contributed by atoms with Crippen LogP contribution in [-0.2, 0) is 0 Å². The van der Waals surface area contributed by atoms with E-state index in [1.165, 1.54) is 0 Å². The molecule has 0 unspecified atom stereocenters. The quantitative estimate of drug-likeness (QED) is 0.364. The van der Waals surface area contributed by atoms with Crippen molar-refractivity contribution in [2.45, 2.75) is 13.8 Å². The molecule has 0 aromatic heterocycles. The Morgan fingerprint density at radius 1 is 0.929 bits per heavy atom. The van der Waals surface area contributed by atoms with Crippen LogP contribution in [0.3, 0.4) is 0 Å². The lowest BCUT2D eigenvalue weighted by molar-refractivity contribution is 0.0733. The molecule has 4 nitrogen and oxygen atoms in total. The predicted octanol–water partition coefficient (Wildman–Crippen LogP) is 5.14. The van der Waals surface area contributed by atoms with E-state index in [2.05, 4.69) is 0 Å².